The van der Waals surface area contributed by atoms with E-state index in [2.05, 4.69) is 0 Å². The molecule has 0 aliphatic rings. The lowest BCUT2D eigenvalue weighted by Gasteiger charge is -2.17. The Morgan fingerprint density at radius 1 is 1.47 bits per heavy atom. The molecule has 5 heteroatoms. The molecule has 0 spiro atoms. The number of carbonyl (C=O) groups is 1. The summed E-state index contributed by atoms with van der Waals surface area (Å²) in [6, 6.07) is 2.21. The maximum atomic E-state index is 13.3. The number of nitrogens with zero attached hydrogens (tertiary/aromatic N) is 1. The third kappa shape index (κ3) is 3.51. The highest BCUT2D eigenvalue weighted by Crippen LogP contribution is 2.25. The van der Waals surface area contributed by atoms with Crippen LogP contribution < -0.4 is 0 Å². The Bertz CT molecular complexity index is 420. The van der Waals surface area contributed by atoms with Gasteiger partial charge in [0.25, 0.3) is 0 Å². The van der Waals surface area contributed by atoms with E-state index in [1.54, 1.807) is 11.9 Å². The Labute approximate surface area is 99.3 Å². The molecule has 0 bridgehead atoms. The number of rotatable bonds is 5. The number of aromatic hydroxyl groups is 1. The van der Waals surface area contributed by atoms with Crippen LogP contribution in [0.5, 0.6) is 5.75 Å². The van der Waals surface area contributed by atoms with Crippen molar-refractivity contribution >= 4 is 5.78 Å². The molecule has 2 N–H and O–H groups in total. The van der Waals surface area contributed by atoms with Gasteiger partial charge in [0.15, 0.2) is 5.78 Å². The summed E-state index contributed by atoms with van der Waals surface area (Å²) in [6.45, 7) is 1.93. The Balaban J connectivity index is 3.03. The van der Waals surface area contributed by atoms with Gasteiger partial charge in [0, 0.05) is 18.7 Å². The number of ketones is 1. The highest BCUT2D eigenvalue weighted by molar-refractivity contribution is 5.97. The fourth-order valence-corrected chi connectivity index (χ4v) is 1.59. The molecule has 1 aromatic rings. The van der Waals surface area contributed by atoms with Crippen LogP contribution in [0.1, 0.15) is 22.8 Å². The number of phenolic OH excluding ortho intramolecular Hbond substituents is 1. The van der Waals surface area contributed by atoms with Gasteiger partial charge in [0.05, 0.1) is 12.2 Å². The maximum absolute atomic E-state index is 13.3. The van der Waals surface area contributed by atoms with E-state index in [1.807, 2.05) is 0 Å². The first-order valence-corrected chi connectivity index (χ1v) is 5.27. The maximum Gasteiger partial charge on any atom is 0.163 e. The lowest BCUT2D eigenvalue weighted by atomic mass is 10.1. The number of halogens is 1. The van der Waals surface area contributed by atoms with E-state index in [1.165, 1.54) is 13.0 Å². The first-order valence-electron chi connectivity index (χ1n) is 5.27. The number of hydrogen-bond acceptors (Lipinski definition) is 4. The average molecular weight is 241 g/mol. The van der Waals surface area contributed by atoms with Crippen LogP contribution in [-0.4, -0.2) is 41.1 Å². The second-order valence-corrected chi connectivity index (χ2v) is 3.98. The van der Waals surface area contributed by atoms with E-state index in [0.29, 0.717) is 12.1 Å². The molecule has 0 atom stereocenters. The summed E-state index contributed by atoms with van der Waals surface area (Å²) in [5, 5.41) is 18.6. The normalized spacial score (nSPS) is 10.9. The number of carbonyl (C=O) groups excluding carboxylic acids is 1. The number of Topliss-reactive ketones (excluding diaryl/α,β-unsaturated/α-hetero) is 1. The summed E-state index contributed by atoms with van der Waals surface area (Å²) in [4.78, 5) is 12.9. The van der Waals surface area contributed by atoms with Gasteiger partial charge < -0.3 is 10.2 Å². The van der Waals surface area contributed by atoms with Gasteiger partial charge >= 0.3 is 0 Å². The summed E-state index contributed by atoms with van der Waals surface area (Å²) in [5.74, 6) is -1.13. The molecule has 0 saturated heterocycles. The Hall–Kier alpha value is -1.46. The zero-order valence-corrected chi connectivity index (χ0v) is 9.90. The summed E-state index contributed by atoms with van der Waals surface area (Å²) in [7, 11) is 1.73. The van der Waals surface area contributed by atoms with Crippen molar-refractivity contribution in [2.75, 3.05) is 20.2 Å². The first-order chi connectivity index (χ1) is 7.95. The molecule has 0 radical (unpaired) electrons. The molecule has 4 nitrogen and oxygen atoms in total. The predicted molar refractivity (Wildman–Crippen MR) is 61.5 cm³/mol. The largest absolute Gasteiger partial charge is 0.507 e. The lowest BCUT2D eigenvalue weighted by Crippen LogP contribution is -2.21. The number of aliphatic hydroxyl groups excluding tert-OH is 1. The highest BCUT2D eigenvalue weighted by atomic mass is 19.1. The molecule has 0 saturated carbocycles. The Morgan fingerprint density at radius 3 is 2.65 bits per heavy atom. The number of benzene rings is 1. The quantitative estimate of drug-likeness (QED) is 0.759. The lowest BCUT2D eigenvalue weighted by molar-refractivity contribution is 0.101. The standard InChI is InChI=1S/C12H16FNO3/c1-8(16)11-6-10(13)5-9(12(11)17)7-14(2)3-4-15/h5-6,15,17H,3-4,7H2,1-2H3. The molecular formula is C12H16FNO3. The second kappa shape index (κ2) is 5.75. The van der Waals surface area contributed by atoms with Gasteiger partial charge in [-0.15, -0.1) is 0 Å². The van der Waals surface area contributed by atoms with Gasteiger partial charge in [-0.05, 0) is 26.1 Å². The first kappa shape index (κ1) is 13.6. The molecule has 17 heavy (non-hydrogen) atoms. The van der Waals surface area contributed by atoms with Crippen LogP contribution in [-0.2, 0) is 6.54 Å². The summed E-state index contributed by atoms with van der Waals surface area (Å²) in [6.07, 6.45) is 0. The molecule has 0 amide bonds. The number of aliphatic hydroxyl groups is 1. The van der Waals surface area contributed by atoms with Crippen molar-refractivity contribution in [2.45, 2.75) is 13.5 Å². The highest BCUT2D eigenvalue weighted by Gasteiger charge is 2.14. The zero-order chi connectivity index (χ0) is 13.0. The molecular weight excluding hydrogens is 225 g/mol. The van der Waals surface area contributed by atoms with Crippen molar-refractivity contribution in [1.29, 1.82) is 0 Å². The van der Waals surface area contributed by atoms with E-state index in [9.17, 15) is 14.3 Å². The minimum Gasteiger partial charge on any atom is -0.507 e. The van der Waals surface area contributed by atoms with Gasteiger partial charge in [-0.1, -0.05) is 0 Å². The predicted octanol–water partition coefficient (Wildman–Crippen LogP) is 1.16. The van der Waals surface area contributed by atoms with Crippen molar-refractivity contribution in [3.8, 4) is 5.75 Å². The van der Waals surface area contributed by atoms with Crippen LogP contribution in [0.2, 0.25) is 0 Å². The van der Waals surface area contributed by atoms with Crippen molar-refractivity contribution in [3.05, 3.63) is 29.1 Å². The molecule has 0 aromatic heterocycles. The van der Waals surface area contributed by atoms with Crippen molar-refractivity contribution in [2.24, 2.45) is 0 Å². The molecule has 0 heterocycles. The minimum atomic E-state index is -0.555. The van der Waals surface area contributed by atoms with Gasteiger partial charge in [-0.3, -0.25) is 9.69 Å². The van der Waals surface area contributed by atoms with E-state index in [-0.39, 0.29) is 30.2 Å². The molecule has 94 valence electrons. The van der Waals surface area contributed by atoms with Gasteiger partial charge in [0.1, 0.15) is 11.6 Å². The van der Waals surface area contributed by atoms with Crippen LogP contribution in [0.3, 0.4) is 0 Å². The molecule has 0 aliphatic heterocycles. The van der Waals surface area contributed by atoms with E-state index in [4.69, 9.17) is 5.11 Å². The fourth-order valence-electron chi connectivity index (χ4n) is 1.59. The summed E-state index contributed by atoms with van der Waals surface area (Å²) >= 11 is 0. The smallest absolute Gasteiger partial charge is 0.163 e. The Morgan fingerprint density at radius 2 is 2.12 bits per heavy atom. The van der Waals surface area contributed by atoms with Crippen molar-refractivity contribution in [3.63, 3.8) is 0 Å². The van der Waals surface area contributed by atoms with Crippen LogP contribution >= 0.6 is 0 Å². The third-order valence-corrected chi connectivity index (χ3v) is 2.45. The van der Waals surface area contributed by atoms with E-state index >= 15 is 0 Å². The molecule has 0 fully saturated rings. The zero-order valence-electron chi connectivity index (χ0n) is 9.90. The van der Waals surface area contributed by atoms with Crippen LogP contribution in [0.4, 0.5) is 4.39 Å². The average Bonchev–Trinajstić information content (AvgIpc) is 2.22. The fraction of sp³-hybridized carbons (Fsp3) is 0.417. The third-order valence-electron chi connectivity index (χ3n) is 2.45. The molecule has 1 aromatic carbocycles. The van der Waals surface area contributed by atoms with Crippen LogP contribution in [0, 0.1) is 5.82 Å². The van der Waals surface area contributed by atoms with Crippen LogP contribution in [0.25, 0.3) is 0 Å². The van der Waals surface area contributed by atoms with Gasteiger partial charge in [-0.25, -0.2) is 4.39 Å². The van der Waals surface area contributed by atoms with Crippen molar-refractivity contribution < 1.29 is 19.4 Å². The molecule has 1 rings (SSSR count). The number of phenols is 1. The second-order valence-electron chi connectivity index (χ2n) is 3.98. The van der Waals surface area contributed by atoms with Gasteiger partial charge in [0.2, 0.25) is 0 Å². The van der Waals surface area contributed by atoms with E-state index in [0.717, 1.165) is 6.07 Å². The number of likely N-dealkylation sites (N-methyl/N-ethyl adjacent to an activating group) is 1. The Kier molecular flexibility index (Phi) is 4.60. The van der Waals surface area contributed by atoms with Crippen molar-refractivity contribution in [1.82, 2.24) is 4.90 Å². The van der Waals surface area contributed by atoms with Gasteiger partial charge in [-0.2, -0.15) is 0 Å². The monoisotopic (exact) mass is 241 g/mol. The molecule has 0 aliphatic carbocycles. The SMILES string of the molecule is CC(=O)c1cc(F)cc(CN(C)CCO)c1O. The minimum absolute atomic E-state index is 0.0163. The van der Waals surface area contributed by atoms with E-state index < -0.39 is 5.82 Å². The summed E-state index contributed by atoms with van der Waals surface area (Å²) in [5.41, 5.74) is 0.323. The number of hydrogen-bond donors (Lipinski definition) is 2. The molecule has 0 unspecified atom stereocenters. The summed E-state index contributed by atoms with van der Waals surface area (Å²) < 4.78 is 13.3. The van der Waals surface area contributed by atoms with Crippen LogP contribution in [0.15, 0.2) is 12.1 Å². The topological polar surface area (TPSA) is 60.8 Å².